The van der Waals surface area contributed by atoms with Gasteiger partial charge in [0.2, 0.25) is 0 Å². The smallest absolute Gasteiger partial charge is 0.691 e. The summed E-state index contributed by atoms with van der Waals surface area (Å²) in [6.45, 7) is 12.8. The Labute approximate surface area is 95.9 Å². The molecule has 0 rings (SSSR count). The predicted octanol–water partition coefficient (Wildman–Crippen LogP) is -0.00951. The van der Waals surface area contributed by atoms with Crippen molar-refractivity contribution in [3.05, 3.63) is 6.42 Å². The second-order valence-electron chi connectivity index (χ2n) is 4.66. The zero-order valence-electron chi connectivity index (χ0n) is 9.99. The van der Waals surface area contributed by atoms with Crippen molar-refractivity contribution in [3.63, 3.8) is 0 Å². The van der Waals surface area contributed by atoms with Gasteiger partial charge in [-0.3, -0.25) is 0 Å². The van der Waals surface area contributed by atoms with Gasteiger partial charge in [-0.1, -0.05) is 20.8 Å². The minimum atomic E-state index is -1.67. The minimum Gasteiger partial charge on any atom is -0.691 e. The van der Waals surface area contributed by atoms with Crippen LogP contribution in [0.4, 0.5) is 0 Å². The molecule has 3 heteroatoms. The van der Waals surface area contributed by atoms with Crippen LogP contribution in [0.2, 0.25) is 18.1 Å². The van der Waals surface area contributed by atoms with Gasteiger partial charge in [-0.2, -0.15) is 0 Å². The average Bonchev–Trinajstić information content (AvgIpc) is 1.84. The second-order valence-corrected chi connectivity index (χ2v) is 9.42. The molecule has 0 aliphatic heterocycles. The fraction of sp³-hybridized carbons (Fsp3) is 0.800. The van der Waals surface area contributed by atoms with E-state index in [1.807, 2.05) is 6.92 Å². The van der Waals surface area contributed by atoms with E-state index in [-0.39, 0.29) is 30.0 Å². The maximum atomic E-state index is 6.94. The Bertz CT molecular complexity index is 188. The standard InChI is InChI=1S/C10H19OSi.Li/c1-8-9(2)11-12(6,7)10(3,4)5;/h9H,2-7H3;/q-1;+1. The van der Waals surface area contributed by atoms with E-state index in [0.717, 1.165) is 0 Å². The van der Waals surface area contributed by atoms with E-state index in [4.69, 9.17) is 10.8 Å². The molecule has 0 aromatic rings. The predicted molar refractivity (Wildman–Crippen MR) is 54.9 cm³/mol. The Hall–Kier alpha value is 0.334. The molecule has 0 fully saturated rings. The molecule has 0 aromatic carbocycles. The van der Waals surface area contributed by atoms with E-state index < -0.39 is 8.32 Å². The van der Waals surface area contributed by atoms with Crippen LogP contribution in [-0.4, -0.2) is 14.4 Å². The number of rotatable bonds is 2. The Balaban J connectivity index is 0. The molecule has 0 radical (unpaired) electrons. The van der Waals surface area contributed by atoms with Gasteiger partial charge in [0, 0.05) is 0 Å². The van der Waals surface area contributed by atoms with E-state index in [9.17, 15) is 0 Å². The van der Waals surface area contributed by atoms with Crippen LogP contribution in [0, 0.1) is 12.3 Å². The van der Waals surface area contributed by atoms with Crippen LogP contribution < -0.4 is 18.9 Å². The summed E-state index contributed by atoms with van der Waals surface area (Å²) >= 11 is 0. The molecule has 0 amide bonds. The molecule has 0 saturated carbocycles. The molecule has 0 heterocycles. The Kier molecular flexibility index (Phi) is 6.41. The Morgan fingerprint density at radius 2 is 1.69 bits per heavy atom. The second kappa shape index (κ2) is 5.27. The molecular formula is C10H19LiOSi. The third kappa shape index (κ3) is 4.94. The third-order valence-electron chi connectivity index (χ3n) is 2.48. The van der Waals surface area contributed by atoms with Crippen molar-refractivity contribution in [3.8, 4) is 5.92 Å². The van der Waals surface area contributed by atoms with Crippen molar-refractivity contribution in [1.82, 2.24) is 0 Å². The van der Waals surface area contributed by atoms with Crippen LogP contribution in [0.15, 0.2) is 0 Å². The fourth-order valence-electron chi connectivity index (χ4n) is 0.648. The largest absolute Gasteiger partial charge is 1.00 e. The van der Waals surface area contributed by atoms with Gasteiger partial charge < -0.3 is 16.8 Å². The maximum Gasteiger partial charge on any atom is 1.00 e. The molecule has 0 aliphatic carbocycles. The first-order chi connectivity index (χ1) is 5.20. The van der Waals surface area contributed by atoms with Gasteiger partial charge in [0.1, 0.15) is 0 Å². The summed E-state index contributed by atoms with van der Waals surface area (Å²) in [6.07, 6.45) is 6.78. The molecule has 0 N–H and O–H groups in total. The van der Waals surface area contributed by atoms with Crippen LogP contribution >= 0.6 is 0 Å². The zero-order chi connectivity index (χ0) is 9.99. The molecule has 0 spiro atoms. The summed E-state index contributed by atoms with van der Waals surface area (Å²) in [4.78, 5) is 0. The van der Waals surface area contributed by atoms with Gasteiger partial charge >= 0.3 is 18.9 Å². The quantitative estimate of drug-likeness (QED) is 0.338. The Morgan fingerprint density at radius 3 is 1.92 bits per heavy atom. The van der Waals surface area contributed by atoms with Crippen LogP contribution in [0.1, 0.15) is 27.7 Å². The molecule has 1 atom stereocenters. The van der Waals surface area contributed by atoms with Crippen molar-refractivity contribution in [2.75, 3.05) is 0 Å². The van der Waals surface area contributed by atoms with Crippen LogP contribution in [-0.2, 0) is 4.43 Å². The van der Waals surface area contributed by atoms with E-state index >= 15 is 0 Å². The van der Waals surface area contributed by atoms with E-state index in [1.54, 1.807) is 0 Å². The van der Waals surface area contributed by atoms with Gasteiger partial charge in [0.25, 0.3) is 0 Å². The van der Waals surface area contributed by atoms with Crippen LogP contribution in [0.3, 0.4) is 0 Å². The topological polar surface area (TPSA) is 9.23 Å². The van der Waals surface area contributed by atoms with E-state index in [1.165, 1.54) is 0 Å². The summed E-state index contributed by atoms with van der Waals surface area (Å²) in [5.74, 6) is 2.36. The number of hydrogen-bond acceptors (Lipinski definition) is 1. The molecule has 0 saturated heterocycles. The van der Waals surface area contributed by atoms with Crippen LogP contribution in [0.5, 0.6) is 0 Å². The van der Waals surface area contributed by atoms with Crippen molar-refractivity contribution < 1.29 is 23.3 Å². The minimum absolute atomic E-state index is 0. The molecule has 13 heavy (non-hydrogen) atoms. The van der Waals surface area contributed by atoms with E-state index in [0.29, 0.717) is 0 Å². The first-order valence-electron chi connectivity index (χ1n) is 4.31. The molecule has 1 nitrogen and oxygen atoms in total. The first kappa shape index (κ1) is 15.8. The van der Waals surface area contributed by atoms with Gasteiger partial charge in [0.05, 0.1) is 6.10 Å². The van der Waals surface area contributed by atoms with Gasteiger partial charge in [-0.25, -0.2) is 0 Å². The van der Waals surface area contributed by atoms with Gasteiger partial charge in [-0.15, -0.1) is 0 Å². The summed E-state index contributed by atoms with van der Waals surface area (Å²) in [7, 11) is -1.67. The average molecular weight is 190 g/mol. The van der Waals surface area contributed by atoms with E-state index in [2.05, 4.69) is 39.8 Å². The summed E-state index contributed by atoms with van der Waals surface area (Å²) in [6, 6.07) is 0. The molecular weight excluding hydrogens is 171 g/mol. The molecule has 70 valence electrons. The SMILES string of the molecule is [C-]#CC(C)O[Si](C)(C)C(C)(C)C.[Li+]. The molecule has 0 bridgehead atoms. The summed E-state index contributed by atoms with van der Waals surface area (Å²) in [5, 5.41) is 0.220. The molecule has 0 aromatic heterocycles. The van der Waals surface area contributed by atoms with Crippen molar-refractivity contribution in [1.29, 1.82) is 0 Å². The van der Waals surface area contributed by atoms with Crippen molar-refractivity contribution in [2.24, 2.45) is 0 Å². The normalized spacial score (nSPS) is 14.2. The fourth-order valence-corrected chi connectivity index (χ4v) is 1.94. The molecule has 0 aliphatic rings. The van der Waals surface area contributed by atoms with Gasteiger partial charge in [-0.05, 0) is 25.1 Å². The third-order valence-corrected chi connectivity index (χ3v) is 7.04. The van der Waals surface area contributed by atoms with Crippen molar-refractivity contribution in [2.45, 2.75) is 51.9 Å². The Morgan fingerprint density at radius 1 is 1.31 bits per heavy atom. The van der Waals surface area contributed by atoms with Crippen molar-refractivity contribution >= 4 is 8.32 Å². The monoisotopic (exact) mass is 190 g/mol. The summed E-state index contributed by atoms with van der Waals surface area (Å²) in [5.41, 5.74) is 0. The van der Waals surface area contributed by atoms with Gasteiger partial charge in [0.15, 0.2) is 8.32 Å². The summed E-state index contributed by atoms with van der Waals surface area (Å²) < 4.78 is 5.79. The molecule has 1 unspecified atom stereocenters. The van der Waals surface area contributed by atoms with Crippen LogP contribution in [0.25, 0.3) is 0 Å². The number of hydrogen-bond donors (Lipinski definition) is 0. The zero-order valence-corrected chi connectivity index (χ0v) is 11.0. The maximum absolute atomic E-state index is 6.94. The first-order valence-corrected chi connectivity index (χ1v) is 7.21.